The number of nitrogens with zero attached hydrogens (tertiary/aromatic N) is 5. The number of aromatic nitrogens is 2. The van der Waals surface area contributed by atoms with Crippen molar-refractivity contribution >= 4 is 11.8 Å². The van der Waals surface area contributed by atoms with Crippen LogP contribution in [0.3, 0.4) is 0 Å². The van der Waals surface area contributed by atoms with E-state index < -0.39 is 0 Å². The Morgan fingerprint density at radius 1 is 1.19 bits per heavy atom. The highest BCUT2D eigenvalue weighted by Gasteiger charge is 2.38. The van der Waals surface area contributed by atoms with Crippen molar-refractivity contribution in [1.29, 1.82) is 0 Å². The molecule has 0 aromatic carbocycles. The molecule has 2 fully saturated rings. The Kier molecular flexibility index (Phi) is 6.42. The van der Waals surface area contributed by atoms with Crippen molar-refractivity contribution in [2.45, 2.75) is 71.1 Å². The highest BCUT2D eigenvalue weighted by atomic mass is 16.2. The topological polar surface area (TPSA) is 69.6 Å². The van der Waals surface area contributed by atoms with Gasteiger partial charge in [-0.05, 0) is 46.1 Å². The fourth-order valence-electron chi connectivity index (χ4n) is 4.37. The Hall–Kier alpha value is -2.02. The van der Waals surface area contributed by atoms with Crippen molar-refractivity contribution in [2.24, 2.45) is 0 Å². The highest BCUT2D eigenvalue weighted by molar-refractivity contribution is 5.84. The number of carbonyl (C=O) groups is 2. The largest absolute Gasteiger partial charge is 0.339 e. The number of likely N-dealkylation sites (tertiary alicyclic amines) is 2. The van der Waals surface area contributed by atoms with E-state index in [9.17, 15) is 9.59 Å². The van der Waals surface area contributed by atoms with Gasteiger partial charge in [0.25, 0.3) is 0 Å². The lowest BCUT2D eigenvalue weighted by molar-refractivity contribution is -0.134. The lowest BCUT2D eigenvalue weighted by atomic mass is 10.1. The van der Waals surface area contributed by atoms with Gasteiger partial charge in [-0.2, -0.15) is 0 Å². The zero-order valence-electron chi connectivity index (χ0n) is 16.7. The first-order chi connectivity index (χ1) is 13.0. The molecule has 0 spiro atoms. The van der Waals surface area contributed by atoms with E-state index in [-0.39, 0.29) is 29.9 Å². The van der Waals surface area contributed by atoms with Crippen molar-refractivity contribution < 1.29 is 9.59 Å². The molecule has 0 N–H and O–H groups in total. The van der Waals surface area contributed by atoms with E-state index in [0.717, 1.165) is 50.9 Å². The first-order valence-electron chi connectivity index (χ1n) is 10.0. The summed E-state index contributed by atoms with van der Waals surface area (Å²) in [6.45, 7) is 8.99. The van der Waals surface area contributed by atoms with Gasteiger partial charge in [0.1, 0.15) is 6.33 Å². The molecule has 0 radical (unpaired) electrons. The van der Waals surface area contributed by atoms with E-state index in [1.807, 2.05) is 9.80 Å². The Bertz CT molecular complexity index is 651. The zero-order chi connectivity index (χ0) is 19.4. The van der Waals surface area contributed by atoms with Gasteiger partial charge in [-0.3, -0.25) is 14.5 Å². The van der Waals surface area contributed by atoms with Gasteiger partial charge < -0.3 is 9.80 Å². The molecule has 27 heavy (non-hydrogen) atoms. The summed E-state index contributed by atoms with van der Waals surface area (Å²) in [4.78, 5) is 39.4. The van der Waals surface area contributed by atoms with E-state index in [0.29, 0.717) is 6.54 Å². The molecule has 0 bridgehead atoms. The summed E-state index contributed by atoms with van der Waals surface area (Å²) in [6, 6.07) is 0.480. The first kappa shape index (κ1) is 19.7. The van der Waals surface area contributed by atoms with Crippen molar-refractivity contribution in [3.8, 4) is 0 Å². The standard InChI is InChI=1S/C20H31N5O2/c1-15(2)24-10-7-19(20(24)27)23-8-4-5-18(6-9-23)25(16(3)26)13-17-11-21-14-22-12-17/h11-12,14-15,18-19H,4-10,13H2,1-3H3/t18-,19+/m0/s1. The minimum absolute atomic E-state index is 0.0134. The third-order valence-corrected chi connectivity index (χ3v) is 5.82. The van der Waals surface area contributed by atoms with Gasteiger partial charge in [0.2, 0.25) is 11.8 Å². The monoisotopic (exact) mass is 373 g/mol. The lowest BCUT2D eigenvalue weighted by Gasteiger charge is -2.31. The van der Waals surface area contributed by atoms with Crippen LogP contribution >= 0.6 is 0 Å². The Morgan fingerprint density at radius 3 is 2.56 bits per heavy atom. The molecule has 148 valence electrons. The fraction of sp³-hybridized carbons (Fsp3) is 0.700. The lowest BCUT2D eigenvalue weighted by Crippen LogP contribution is -2.44. The number of hydrogen-bond acceptors (Lipinski definition) is 5. The molecule has 7 nitrogen and oxygen atoms in total. The van der Waals surface area contributed by atoms with E-state index in [1.165, 1.54) is 6.33 Å². The van der Waals surface area contributed by atoms with Crippen LogP contribution in [0.15, 0.2) is 18.7 Å². The Balaban J connectivity index is 1.63. The number of rotatable bonds is 5. The fourth-order valence-corrected chi connectivity index (χ4v) is 4.37. The van der Waals surface area contributed by atoms with E-state index in [4.69, 9.17) is 0 Å². The van der Waals surface area contributed by atoms with Crippen molar-refractivity contribution in [1.82, 2.24) is 24.7 Å². The molecule has 1 aromatic rings. The number of hydrogen-bond donors (Lipinski definition) is 0. The molecule has 3 rings (SSSR count). The van der Waals surface area contributed by atoms with Gasteiger partial charge in [-0.15, -0.1) is 0 Å². The molecular formula is C20H31N5O2. The van der Waals surface area contributed by atoms with Gasteiger partial charge >= 0.3 is 0 Å². The maximum Gasteiger partial charge on any atom is 0.240 e. The second kappa shape index (κ2) is 8.78. The molecular weight excluding hydrogens is 342 g/mol. The van der Waals surface area contributed by atoms with Gasteiger partial charge in [0.15, 0.2) is 0 Å². The van der Waals surface area contributed by atoms with Crippen LogP contribution in [0.2, 0.25) is 0 Å². The van der Waals surface area contributed by atoms with Gasteiger partial charge in [0, 0.05) is 56.6 Å². The molecule has 2 aliphatic rings. The minimum Gasteiger partial charge on any atom is -0.339 e. The summed E-state index contributed by atoms with van der Waals surface area (Å²) in [5.41, 5.74) is 0.951. The van der Waals surface area contributed by atoms with Crippen LogP contribution < -0.4 is 0 Å². The molecule has 0 unspecified atom stereocenters. The van der Waals surface area contributed by atoms with Crippen LogP contribution in [0.5, 0.6) is 0 Å². The summed E-state index contributed by atoms with van der Waals surface area (Å²) in [5, 5.41) is 0. The Labute approximate surface area is 161 Å². The number of amides is 2. The van der Waals surface area contributed by atoms with Crippen molar-refractivity contribution in [2.75, 3.05) is 19.6 Å². The quantitative estimate of drug-likeness (QED) is 0.786. The second-order valence-electron chi connectivity index (χ2n) is 7.94. The minimum atomic E-state index is 0.0134. The maximum absolute atomic E-state index is 12.7. The molecule has 2 atom stereocenters. The maximum atomic E-state index is 12.7. The van der Waals surface area contributed by atoms with Crippen LogP contribution in [0, 0.1) is 0 Å². The van der Waals surface area contributed by atoms with E-state index in [1.54, 1.807) is 19.3 Å². The van der Waals surface area contributed by atoms with Crippen LogP contribution in [0.25, 0.3) is 0 Å². The Morgan fingerprint density at radius 2 is 1.93 bits per heavy atom. The van der Waals surface area contributed by atoms with Gasteiger partial charge in [-0.1, -0.05) is 0 Å². The van der Waals surface area contributed by atoms with Crippen LogP contribution in [0.1, 0.15) is 52.0 Å². The molecule has 0 aliphatic carbocycles. The zero-order valence-corrected chi connectivity index (χ0v) is 16.7. The van der Waals surface area contributed by atoms with Crippen molar-refractivity contribution in [3.63, 3.8) is 0 Å². The van der Waals surface area contributed by atoms with Gasteiger partial charge in [0.05, 0.1) is 6.04 Å². The molecule has 0 saturated carbocycles. The summed E-state index contributed by atoms with van der Waals surface area (Å²) in [5.74, 6) is 0.355. The third-order valence-electron chi connectivity index (χ3n) is 5.82. The SMILES string of the molecule is CC(=O)N(Cc1cncnc1)[C@H]1CCCN([C@@H]2CCN(C(C)C)C2=O)CC1. The first-order valence-corrected chi connectivity index (χ1v) is 10.0. The second-order valence-corrected chi connectivity index (χ2v) is 7.94. The number of carbonyl (C=O) groups excluding carboxylic acids is 2. The van der Waals surface area contributed by atoms with Crippen LogP contribution in [-0.4, -0.2) is 74.2 Å². The summed E-state index contributed by atoms with van der Waals surface area (Å²) >= 11 is 0. The summed E-state index contributed by atoms with van der Waals surface area (Å²) in [6.07, 6.45) is 8.83. The molecule has 2 saturated heterocycles. The van der Waals surface area contributed by atoms with E-state index >= 15 is 0 Å². The predicted octanol–water partition coefficient (Wildman–Crippen LogP) is 1.69. The van der Waals surface area contributed by atoms with Crippen LogP contribution in [0.4, 0.5) is 0 Å². The average Bonchev–Trinajstić information content (AvgIpc) is 2.87. The summed E-state index contributed by atoms with van der Waals surface area (Å²) in [7, 11) is 0. The third kappa shape index (κ3) is 4.64. The molecule has 2 amide bonds. The highest BCUT2D eigenvalue weighted by Crippen LogP contribution is 2.25. The smallest absolute Gasteiger partial charge is 0.240 e. The van der Waals surface area contributed by atoms with Gasteiger partial charge in [-0.25, -0.2) is 9.97 Å². The van der Waals surface area contributed by atoms with Crippen molar-refractivity contribution in [3.05, 3.63) is 24.3 Å². The summed E-state index contributed by atoms with van der Waals surface area (Å²) < 4.78 is 0. The predicted molar refractivity (Wildman–Crippen MR) is 103 cm³/mol. The van der Waals surface area contributed by atoms with E-state index in [2.05, 4.69) is 28.7 Å². The molecule has 2 aliphatic heterocycles. The molecule has 3 heterocycles. The molecule has 7 heteroatoms. The molecule has 1 aromatic heterocycles. The average molecular weight is 374 g/mol. The normalized spacial score (nSPS) is 24.3. The van der Waals surface area contributed by atoms with Crippen LogP contribution in [-0.2, 0) is 16.1 Å².